The fourth-order valence-corrected chi connectivity index (χ4v) is 4.59. The van der Waals surface area contributed by atoms with Crippen LogP contribution in [0.4, 0.5) is 0 Å². The Labute approximate surface area is 248 Å². The van der Waals surface area contributed by atoms with Crippen molar-refractivity contribution in [2.75, 3.05) is 13.2 Å². The first-order chi connectivity index (χ1) is 20.8. The number of aromatic nitrogens is 1. The van der Waals surface area contributed by atoms with Crippen LogP contribution in [0.2, 0.25) is 0 Å². The molecule has 1 aliphatic rings. The van der Waals surface area contributed by atoms with Gasteiger partial charge in [-0.25, -0.2) is 0 Å². The van der Waals surface area contributed by atoms with Crippen LogP contribution < -0.4 is 29.8 Å². The molecular weight excluding hydrogens is 550 g/mol. The van der Waals surface area contributed by atoms with E-state index < -0.39 is 12.0 Å². The van der Waals surface area contributed by atoms with Crippen LogP contribution in [0.25, 0.3) is 5.69 Å². The summed E-state index contributed by atoms with van der Waals surface area (Å²) in [5.41, 5.74) is 3.75. The first-order valence-corrected chi connectivity index (χ1v) is 13.8. The molecule has 0 radical (unpaired) electrons. The summed E-state index contributed by atoms with van der Waals surface area (Å²) < 4.78 is 25.1. The lowest BCUT2D eigenvalue weighted by molar-refractivity contribution is -0.139. The number of carbonyl (C=O) groups is 1. The molecule has 220 valence electrons. The summed E-state index contributed by atoms with van der Waals surface area (Å²) in [4.78, 5) is 24.7. The Balaban J connectivity index is 1.37. The van der Waals surface area contributed by atoms with Crippen LogP contribution in [-0.4, -0.2) is 34.9 Å². The molecule has 0 bridgehead atoms. The van der Waals surface area contributed by atoms with E-state index in [1.165, 1.54) is 4.57 Å². The van der Waals surface area contributed by atoms with E-state index in [4.69, 9.17) is 18.9 Å². The molecule has 10 heteroatoms. The van der Waals surface area contributed by atoms with Gasteiger partial charge in [0.25, 0.3) is 5.56 Å². The van der Waals surface area contributed by atoms with E-state index in [1.54, 1.807) is 67.7 Å². The number of nitriles is 1. The van der Waals surface area contributed by atoms with Crippen LogP contribution in [-0.2, 0) is 24.6 Å². The number of benzene rings is 3. The number of carboxylic acid groups (broad SMARTS) is 1. The normalized spacial score (nSPS) is 12.7. The topological polar surface area (TPSA) is 132 Å². The summed E-state index contributed by atoms with van der Waals surface area (Å²) in [5, 5.41) is 21.5. The standard InChI is InChI=1S/C33H31N3O7/c1-21-13-26(18-35-22(2)33(38)39)30(42-19-24-6-3-5-23(14-24)17-34)16-29(21)43-20-25-7-4-10-36(32(25)37)27-8-9-28-31(15-27)41-12-11-40-28/h3-10,13-16,22,35H,11-12,18-20H2,1-2H3,(H,38,39)/t22-/m0/s1. The van der Waals surface area contributed by atoms with Crippen molar-refractivity contribution in [2.24, 2.45) is 0 Å². The molecule has 0 saturated heterocycles. The Kier molecular flexibility index (Phi) is 8.93. The van der Waals surface area contributed by atoms with Gasteiger partial charge in [0, 0.05) is 30.4 Å². The van der Waals surface area contributed by atoms with E-state index in [2.05, 4.69) is 11.4 Å². The van der Waals surface area contributed by atoms with Crippen LogP contribution in [0.3, 0.4) is 0 Å². The van der Waals surface area contributed by atoms with Gasteiger partial charge in [0.15, 0.2) is 11.5 Å². The van der Waals surface area contributed by atoms with Gasteiger partial charge in [-0.1, -0.05) is 12.1 Å². The first-order valence-electron chi connectivity index (χ1n) is 13.8. The van der Waals surface area contributed by atoms with Gasteiger partial charge < -0.3 is 29.4 Å². The number of aliphatic carboxylic acids is 1. The molecular formula is C33H31N3O7. The zero-order valence-electron chi connectivity index (χ0n) is 23.8. The predicted molar refractivity (Wildman–Crippen MR) is 158 cm³/mol. The molecule has 2 N–H and O–H groups in total. The average Bonchev–Trinajstić information content (AvgIpc) is 3.02. The minimum absolute atomic E-state index is 0.0162. The molecule has 0 saturated carbocycles. The first kappa shape index (κ1) is 29.2. The Bertz CT molecular complexity index is 1740. The van der Waals surface area contributed by atoms with Crippen LogP contribution >= 0.6 is 0 Å². The molecule has 0 aliphatic carbocycles. The molecule has 0 spiro atoms. The highest BCUT2D eigenvalue weighted by molar-refractivity contribution is 5.72. The third-order valence-corrected chi connectivity index (χ3v) is 6.99. The zero-order chi connectivity index (χ0) is 30.3. The highest BCUT2D eigenvalue weighted by Gasteiger charge is 2.17. The maximum atomic E-state index is 13.4. The van der Waals surface area contributed by atoms with E-state index in [-0.39, 0.29) is 25.3 Å². The second kappa shape index (κ2) is 13.1. The van der Waals surface area contributed by atoms with Gasteiger partial charge in [-0.3, -0.25) is 14.2 Å². The largest absolute Gasteiger partial charge is 0.488 e. The number of nitrogens with one attached hydrogen (secondary N) is 1. The van der Waals surface area contributed by atoms with Gasteiger partial charge in [-0.05, 0) is 67.4 Å². The van der Waals surface area contributed by atoms with Crippen molar-refractivity contribution in [1.82, 2.24) is 9.88 Å². The summed E-state index contributed by atoms with van der Waals surface area (Å²) in [6.45, 7) is 4.83. The van der Waals surface area contributed by atoms with E-state index >= 15 is 0 Å². The molecule has 2 heterocycles. The summed E-state index contributed by atoms with van der Waals surface area (Å²) >= 11 is 0. The quantitative estimate of drug-likeness (QED) is 0.263. The number of carboxylic acids is 1. The van der Waals surface area contributed by atoms with Crippen LogP contribution in [0, 0.1) is 18.3 Å². The minimum Gasteiger partial charge on any atom is -0.488 e. The molecule has 1 aromatic heterocycles. The van der Waals surface area contributed by atoms with Gasteiger partial charge in [0.2, 0.25) is 0 Å². The Morgan fingerprint density at radius 1 is 1.00 bits per heavy atom. The molecule has 0 amide bonds. The molecule has 1 atom stereocenters. The predicted octanol–water partition coefficient (Wildman–Crippen LogP) is 4.51. The van der Waals surface area contributed by atoms with E-state index in [9.17, 15) is 20.0 Å². The molecule has 0 fully saturated rings. The molecule has 5 rings (SSSR count). The molecule has 3 aromatic carbocycles. The van der Waals surface area contributed by atoms with Crippen LogP contribution in [0.1, 0.15) is 34.7 Å². The summed E-state index contributed by atoms with van der Waals surface area (Å²) in [6.07, 6.45) is 1.69. The number of rotatable bonds is 11. The monoisotopic (exact) mass is 581 g/mol. The highest BCUT2D eigenvalue weighted by atomic mass is 16.6. The summed E-state index contributed by atoms with van der Waals surface area (Å²) in [7, 11) is 0. The van der Waals surface area contributed by atoms with Gasteiger partial charge in [-0.15, -0.1) is 0 Å². The Morgan fingerprint density at radius 3 is 2.58 bits per heavy atom. The van der Waals surface area contributed by atoms with Crippen molar-refractivity contribution in [3.63, 3.8) is 0 Å². The fourth-order valence-electron chi connectivity index (χ4n) is 4.59. The Hall–Kier alpha value is -5.27. The van der Waals surface area contributed by atoms with Crippen molar-refractivity contribution in [1.29, 1.82) is 5.26 Å². The smallest absolute Gasteiger partial charge is 0.320 e. The number of nitrogens with zero attached hydrogens (tertiary/aromatic N) is 2. The van der Waals surface area contributed by atoms with Crippen LogP contribution in [0.15, 0.2) is 77.7 Å². The van der Waals surface area contributed by atoms with Crippen molar-refractivity contribution >= 4 is 5.97 Å². The van der Waals surface area contributed by atoms with E-state index in [1.807, 2.05) is 19.1 Å². The lowest BCUT2D eigenvalue weighted by Gasteiger charge is -2.19. The number of pyridine rings is 1. The second-order valence-corrected chi connectivity index (χ2v) is 10.1. The van der Waals surface area contributed by atoms with Crippen LogP contribution in [0.5, 0.6) is 23.0 Å². The van der Waals surface area contributed by atoms with Crippen molar-refractivity contribution in [3.05, 3.63) is 111 Å². The maximum absolute atomic E-state index is 13.4. The zero-order valence-corrected chi connectivity index (χ0v) is 23.8. The number of ether oxygens (including phenoxy) is 4. The summed E-state index contributed by atoms with van der Waals surface area (Å²) in [5.74, 6) is 1.29. The minimum atomic E-state index is -0.961. The van der Waals surface area contributed by atoms with E-state index in [0.29, 0.717) is 53.0 Å². The number of fused-ring (bicyclic) bond motifs is 1. The van der Waals surface area contributed by atoms with Gasteiger partial charge in [0.05, 0.1) is 22.9 Å². The number of hydrogen-bond acceptors (Lipinski definition) is 8. The highest BCUT2D eigenvalue weighted by Crippen LogP contribution is 2.32. The number of aryl methyl sites for hydroxylation is 1. The van der Waals surface area contributed by atoms with Crippen molar-refractivity contribution in [2.45, 2.75) is 39.6 Å². The van der Waals surface area contributed by atoms with Gasteiger partial charge in [0.1, 0.15) is 44.0 Å². The maximum Gasteiger partial charge on any atom is 0.320 e. The van der Waals surface area contributed by atoms with Gasteiger partial charge >= 0.3 is 5.97 Å². The van der Waals surface area contributed by atoms with Crippen molar-refractivity contribution < 1.29 is 28.8 Å². The van der Waals surface area contributed by atoms with E-state index in [0.717, 1.165) is 16.7 Å². The SMILES string of the molecule is Cc1cc(CN[C@@H](C)C(=O)O)c(OCc2cccc(C#N)c2)cc1OCc1cccn(-c2ccc3c(c2)OCCO3)c1=O. The molecule has 43 heavy (non-hydrogen) atoms. The Morgan fingerprint density at radius 2 is 1.79 bits per heavy atom. The molecule has 10 nitrogen and oxygen atoms in total. The third-order valence-electron chi connectivity index (χ3n) is 6.99. The lowest BCUT2D eigenvalue weighted by atomic mass is 10.1. The molecule has 4 aromatic rings. The van der Waals surface area contributed by atoms with Gasteiger partial charge in [-0.2, -0.15) is 5.26 Å². The third kappa shape index (κ3) is 6.97. The lowest BCUT2D eigenvalue weighted by Crippen LogP contribution is -2.33. The molecule has 1 aliphatic heterocycles. The van der Waals surface area contributed by atoms with Crippen molar-refractivity contribution in [3.8, 4) is 34.8 Å². The molecule has 0 unspecified atom stereocenters. The average molecular weight is 582 g/mol. The fraction of sp³-hybridized carbons (Fsp3) is 0.242. The number of hydrogen-bond donors (Lipinski definition) is 2. The summed E-state index contributed by atoms with van der Waals surface area (Å²) in [6, 6.07) is 21.0. The second-order valence-electron chi connectivity index (χ2n) is 10.1.